The lowest BCUT2D eigenvalue weighted by molar-refractivity contribution is -0.401. The molecule has 5 rings (SSSR count). The van der Waals surface area contributed by atoms with Gasteiger partial charge in [-0.15, -0.1) is 6.42 Å². The molecule has 1 aliphatic carbocycles. The van der Waals surface area contributed by atoms with Gasteiger partial charge in [-0.2, -0.15) is 4.58 Å². The SMILES string of the molecule is C#CC#CC#CC#CC#CC#CC#CC#CC#CN1C(=CC=C2CCCC(C=CC3=[N+](C)c4ccccc4C3(C)C)=C2Cl)C(C)(C)c2ccccc21. The maximum Gasteiger partial charge on any atom is 0.209 e. The Kier molecular flexibility index (Phi) is 11.7. The van der Waals surface area contributed by atoms with E-state index in [4.69, 9.17) is 18.0 Å². The van der Waals surface area contributed by atoms with Gasteiger partial charge in [0.1, 0.15) is 7.05 Å². The van der Waals surface area contributed by atoms with Crippen LogP contribution >= 0.6 is 11.6 Å². The van der Waals surface area contributed by atoms with Gasteiger partial charge in [0.2, 0.25) is 5.69 Å². The highest BCUT2D eigenvalue weighted by Gasteiger charge is 2.42. The van der Waals surface area contributed by atoms with Crippen LogP contribution in [-0.2, 0) is 10.8 Å². The molecule has 0 N–H and O–H groups in total. The van der Waals surface area contributed by atoms with Crippen molar-refractivity contribution >= 4 is 28.7 Å². The standard InChI is InChI=1S/C49H34ClN2/c1-7-8-9-10-11-12-13-14-15-16-17-18-19-20-21-26-38-52-44-33-25-23-31-42(44)49(4,5)46(52)37-35-40-29-27-28-39(47(40)50)34-36-45-48(2,3)41-30-22-24-32-43(41)51(45)6/h1,22-25,30-37H,27-29H2,2-6H3/q+1. The van der Waals surface area contributed by atoms with Crippen molar-refractivity contribution in [1.29, 1.82) is 0 Å². The summed E-state index contributed by atoms with van der Waals surface area (Å²) in [6, 6.07) is 20.2. The zero-order valence-electron chi connectivity index (χ0n) is 29.9. The molecule has 52 heavy (non-hydrogen) atoms. The molecule has 0 saturated carbocycles. The van der Waals surface area contributed by atoms with Crippen LogP contribution in [0.5, 0.6) is 0 Å². The number of halogens is 1. The lowest BCUT2D eigenvalue weighted by atomic mass is 9.81. The number of para-hydroxylation sites is 2. The quantitative estimate of drug-likeness (QED) is 0.234. The third-order valence-electron chi connectivity index (χ3n) is 9.10. The van der Waals surface area contributed by atoms with Crippen LogP contribution in [0, 0.1) is 107 Å². The van der Waals surface area contributed by atoms with E-state index in [0.29, 0.717) is 0 Å². The van der Waals surface area contributed by atoms with E-state index in [-0.39, 0.29) is 10.8 Å². The Balaban J connectivity index is 1.36. The normalized spacial score (nSPS) is 16.8. The molecule has 0 aromatic heterocycles. The van der Waals surface area contributed by atoms with Crippen LogP contribution in [-0.4, -0.2) is 17.3 Å². The highest BCUT2D eigenvalue weighted by atomic mass is 35.5. The Bertz CT molecular complexity index is 2570. The van der Waals surface area contributed by atoms with E-state index >= 15 is 0 Å². The fourth-order valence-electron chi connectivity index (χ4n) is 6.54. The molecule has 2 aromatic rings. The first kappa shape index (κ1) is 36.5. The molecule has 0 amide bonds. The Hall–Kier alpha value is -6.80. The molecule has 0 unspecified atom stereocenters. The number of benzene rings is 2. The van der Waals surface area contributed by atoms with E-state index < -0.39 is 0 Å². The minimum atomic E-state index is -0.281. The maximum atomic E-state index is 7.12. The predicted octanol–water partition coefficient (Wildman–Crippen LogP) is 8.15. The second kappa shape index (κ2) is 16.7. The van der Waals surface area contributed by atoms with E-state index in [9.17, 15) is 0 Å². The monoisotopic (exact) mass is 685 g/mol. The summed E-state index contributed by atoms with van der Waals surface area (Å²) in [6.45, 7) is 8.99. The van der Waals surface area contributed by atoms with Crippen LogP contribution in [0.3, 0.4) is 0 Å². The van der Waals surface area contributed by atoms with Crippen molar-refractivity contribution in [1.82, 2.24) is 0 Å². The molecule has 2 nitrogen and oxygen atoms in total. The molecule has 3 heteroatoms. The maximum absolute atomic E-state index is 7.12. The minimum Gasteiger partial charge on any atom is -0.272 e. The van der Waals surface area contributed by atoms with Gasteiger partial charge in [-0.1, -0.05) is 74.0 Å². The number of anilines is 1. The van der Waals surface area contributed by atoms with Crippen molar-refractivity contribution in [3.05, 3.63) is 106 Å². The van der Waals surface area contributed by atoms with Crippen molar-refractivity contribution in [3.8, 4) is 107 Å². The Morgan fingerprint density at radius 2 is 1.23 bits per heavy atom. The van der Waals surface area contributed by atoms with E-state index in [0.717, 1.165) is 46.8 Å². The van der Waals surface area contributed by atoms with E-state index in [1.165, 1.54) is 22.5 Å². The molecule has 0 bridgehead atoms. The van der Waals surface area contributed by atoms with E-state index in [2.05, 4.69) is 207 Å². The van der Waals surface area contributed by atoms with Crippen molar-refractivity contribution in [2.45, 2.75) is 57.8 Å². The molecule has 2 aromatic carbocycles. The van der Waals surface area contributed by atoms with Gasteiger partial charge in [-0.25, -0.2) is 0 Å². The molecule has 0 atom stereocenters. The third kappa shape index (κ3) is 8.14. The highest BCUT2D eigenvalue weighted by molar-refractivity contribution is 6.32. The number of hydrogen-bond donors (Lipinski definition) is 0. The number of allylic oxidation sites excluding steroid dienone is 8. The lowest BCUT2D eigenvalue weighted by Crippen LogP contribution is -2.26. The van der Waals surface area contributed by atoms with E-state index in [1.807, 2.05) is 11.0 Å². The summed E-state index contributed by atoms with van der Waals surface area (Å²) >= 11 is 7.12. The Labute approximate surface area is 314 Å². The topological polar surface area (TPSA) is 6.25 Å². The summed E-state index contributed by atoms with van der Waals surface area (Å²) in [5, 5.41) is 0.824. The number of hydrogen-bond acceptors (Lipinski definition) is 1. The fraction of sp³-hybridized carbons (Fsp3) is 0.204. The smallest absolute Gasteiger partial charge is 0.209 e. The fourth-order valence-corrected chi connectivity index (χ4v) is 6.86. The zero-order valence-corrected chi connectivity index (χ0v) is 30.7. The van der Waals surface area contributed by atoms with Crippen LogP contribution in [0.15, 0.2) is 94.7 Å². The summed E-state index contributed by atoms with van der Waals surface area (Å²) in [5.41, 5.74) is 9.04. The molecule has 0 radical (unpaired) electrons. The van der Waals surface area contributed by atoms with E-state index in [1.54, 1.807) is 0 Å². The molecule has 246 valence electrons. The van der Waals surface area contributed by atoms with Crippen molar-refractivity contribution < 1.29 is 4.58 Å². The van der Waals surface area contributed by atoms with Crippen LogP contribution < -0.4 is 4.90 Å². The average molecular weight is 686 g/mol. The summed E-state index contributed by atoms with van der Waals surface area (Å²) in [7, 11) is 2.14. The van der Waals surface area contributed by atoms with Crippen LogP contribution in [0.4, 0.5) is 11.4 Å². The summed E-state index contributed by atoms with van der Waals surface area (Å²) in [6.07, 6.45) is 16.7. The summed E-state index contributed by atoms with van der Waals surface area (Å²) < 4.78 is 2.29. The molecular weight excluding hydrogens is 652 g/mol. The Morgan fingerprint density at radius 3 is 1.85 bits per heavy atom. The van der Waals surface area contributed by atoms with Crippen LogP contribution in [0.2, 0.25) is 0 Å². The summed E-state index contributed by atoms with van der Waals surface area (Å²) in [4.78, 5) is 2.02. The molecule has 2 heterocycles. The molecule has 0 spiro atoms. The largest absolute Gasteiger partial charge is 0.272 e. The van der Waals surface area contributed by atoms with Gasteiger partial charge < -0.3 is 0 Å². The first-order chi connectivity index (χ1) is 25.2. The molecule has 3 aliphatic rings. The van der Waals surface area contributed by atoms with Crippen molar-refractivity contribution in [3.63, 3.8) is 0 Å². The van der Waals surface area contributed by atoms with Gasteiger partial charge in [0, 0.05) is 87.3 Å². The number of nitrogens with zero attached hydrogens (tertiary/aromatic N) is 2. The first-order valence-electron chi connectivity index (χ1n) is 16.7. The van der Waals surface area contributed by atoms with Crippen molar-refractivity contribution in [2.75, 3.05) is 11.9 Å². The minimum absolute atomic E-state index is 0.0903. The number of rotatable bonds is 3. The Morgan fingerprint density at radius 1 is 0.673 bits per heavy atom. The van der Waals surface area contributed by atoms with Gasteiger partial charge in [0.25, 0.3) is 0 Å². The number of fused-ring (bicyclic) bond motifs is 2. The van der Waals surface area contributed by atoms with Gasteiger partial charge in [0.15, 0.2) is 5.71 Å². The second-order valence-electron chi connectivity index (χ2n) is 13.0. The molecular formula is C49H34ClN2+. The average Bonchev–Trinajstić information content (AvgIpc) is 3.47. The molecule has 0 fully saturated rings. The van der Waals surface area contributed by atoms with Crippen LogP contribution in [0.1, 0.15) is 58.1 Å². The van der Waals surface area contributed by atoms with Crippen LogP contribution in [0.25, 0.3) is 0 Å². The van der Waals surface area contributed by atoms with Gasteiger partial charge in [0.05, 0.1) is 11.1 Å². The molecule has 2 aliphatic heterocycles. The first-order valence-corrected chi connectivity index (χ1v) is 17.1. The molecule has 0 saturated heterocycles. The third-order valence-corrected chi connectivity index (χ3v) is 9.58. The zero-order chi connectivity index (χ0) is 37.0. The van der Waals surface area contributed by atoms with Gasteiger partial charge in [-0.3, -0.25) is 4.90 Å². The second-order valence-corrected chi connectivity index (χ2v) is 13.3. The van der Waals surface area contributed by atoms with Gasteiger partial charge in [-0.05, 0) is 109 Å². The predicted molar refractivity (Wildman–Crippen MR) is 215 cm³/mol. The number of terminal acetylenes is 1. The van der Waals surface area contributed by atoms with Crippen molar-refractivity contribution in [2.24, 2.45) is 0 Å². The summed E-state index contributed by atoms with van der Waals surface area (Å²) in [5.74, 6) is 41.3. The van der Waals surface area contributed by atoms with Gasteiger partial charge >= 0.3 is 0 Å². The lowest BCUT2D eigenvalue weighted by Gasteiger charge is -2.23. The highest BCUT2D eigenvalue weighted by Crippen LogP contribution is 2.47.